The Labute approximate surface area is 81.7 Å². The highest BCUT2D eigenvalue weighted by Crippen LogP contribution is 1.99. The van der Waals surface area contributed by atoms with Gasteiger partial charge in [-0.2, -0.15) is 0 Å². The van der Waals surface area contributed by atoms with Crippen LogP contribution >= 0.6 is 0 Å². The Morgan fingerprint density at radius 1 is 1.15 bits per heavy atom. The normalized spacial score (nSPS) is 11.2. The minimum Gasteiger partial charge on any atom is -0.300 e. The molecular formula is C11H22O2. The molecule has 0 spiro atoms. The molecule has 0 aliphatic carbocycles. The predicted octanol–water partition coefficient (Wildman–Crippen LogP) is 3.00. The van der Waals surface area contributed by atoms with Crippen molar-refractivity contribution in [3.8, 4) is 0 Å². The van der Waals surface area contributed by atoms with E-state index in [1.807, 2.05) is 20.8 Å². The molecule has 0 amide bonds. The Morgan fingerprint density at radius 3 is 1.62 bits per heavy atom. The fraction of sp³-hybridized carbons (Fsp3) is 0.818. The van der Waals surface area contributed by atoms with Gasteiger partial charge < -0.3 is 4.79 Å². The SMILES string of the molecule is CCC(C)C(C)=O.CCCC(C)=O. The zero-order chi connectivity index (χ0) is 10.9. The van der Waals surface area contributed by atoms with Gasteiger partial charge in [0, 0.05) is 12.3 Å². The van der Waals surface area contributed by atoms with Crippen molar-refractivity contribution in [3.05, 3.63) is 0 Å². The van der Waals surface area contributed by atoms with E-state index in [1.165, 1.54) is 0 Å². The molecule has 0 aromatic carbocycles. The van der Waals surface area contributed by atoms with Crippen molar-refractivity contribution >= 4 is 11.6 Å². The van der Waals surface area contributed by atoms with E-state index in [0.717, 1.165) is 19.3 Å². The van der Waals surface area contributed by atoms with Gasteiger partial charge in [-0.1, -0.05) is 20.8 Å². The second-order valence-electron chi connectivity index (χ2n) is 3.37. The van der Waals surface area contributed by atoms with E-state index in [-0.39, 0.29) is 11.7 Å². The Morgan fingerprint density at radius 2 is 1.62 bits per heavy atom. The van der Waals surface area contributed by atoms with Crippen molar-refractivity contribution in [2.24, 2.45) is 5.92 Å². The first-order valence-electron chi connectivity index (χ1n) is 4.95. The van der Waals surface area contributed by atoms with Crippen LogP contribution in [0, 0.1) is 5.92 Å². The van der Waals surface area contributed by atoms with Crippen LogP contribution < -0.4 is 0 Å². The molecule has 13 heavy (non-hydrogen) atoms. The standard InChI is InChI=1S/C6H12O.C5H10O/c1-4-5(2)6(3)7;1-3-4-5(2)6/h5H,4H2,1-3H3;3-4H2,1-2H3. The molecule has 0 saturated carbocycles. The third-order valence-electron chi connectivity index (χ3n) is 1.91. The Bertz CT molecular complexity index is 150. The van der Waals surface area contributed by atoms with Crippen LogP contribution in [0.3, 0.4) is 0 Å². The fourth-order valence-electron chi connectivity index (χ4n) is 0.640. The molecule has 0 aliphatic rings. The second kappa shape index (κ2) is 9.43. The van der Waals surface area contributed by atoms with Crippen LogP contribution in [0.4, 0.5) is 0 Å². The van der Waals surface area contributed by atoms with Crippen molar-refractivity contribution in [1.29, 1.82) is 0 Å². The largest absolute Gasteiger partial charge is 0.300 e. The van der Waals surface area contributed by atoms with Gasteiger partial charge in [-0.3, -0.25) is 4.79 Å². The molecule has 0 aromatic rings. The van der Waals surface area contributed by atoms with Crippen molar-refractivity contribution < 1.29 is 9.59 Å². The number of Topliss-reactive ketones (excluding diaryl/α,β-unsaturated/α-hetero) is 2. The third-order valence-corrected chi connectivity index (χ3v) is 1.91. The Balaban J connectivity index is 0. The van der Waals surface area contributed by atoms with Crippen molar-refractivity contribution in [1.82, 2.24) is 0 Å². The topological polar surface area (TPSA) is 34.1 Å². The van der Waals surface area contributed by atoms with Crippen LogP contribution in [0.15, 0.2) is 0 Å². The van der Waals surface area contributed by atoms with Gasteiger partial charge in [-0.25, -0.2) is 0 Å². The lowest BCUT2D eigenvalue weighted by atomic mass is 10.1. The highest BCUT2D eigenvalue weighted by atomic mass is 16.1. The monoisotopic (exact) mass is 186 g/mol. The predicted molar refractivity (Wildman–Crippen MR) is 55.7 cm³/mol. The highest BCUT2D eigenvalue weighted by molar-refractivity contribution is 5.77. The quantitative estimate of drug-likeness (QED) is 0.676. The average Bonchev–Trinajstić information content (AvgIpc) is 2.03. The van der Waals surface area contributed by atoms with E-state index < -0.39 is 0 Å². The molecule has 0 rings (SSSR count). The summed E-state index contributed by atoms with van der Waals surface area (Å²) in [7, 11) is 0. The Hall–Kier alpha value is -0.660. The van der Waals surface area contributed by atoms with Gasteiger partial charge >= 0.3 is 0 Å². The molecule has 2 heteroatoms. The van der Waals surface area contributed by atoms with Gasteiger partial charge in [-0.15, -0.1) is 0 Å². The maximum atomic E-state index is 10.4. The van der Waals surface area contributed by atoms with E-state index in [9.17, 15) is 9.59 Å². The summed E-state index contributed by atoms with van der Waals surface area (Å²) in [6, 6.07) is 0. The summed E-state index contributed by atoms with van der Waals surface area (Å²) >= 11 is 0. The molecule has 0 radical (unpaired) electrons. The minimum atomic E-state index is 0.264. The van der Waals surface area contributed by atoms with E-state index in [4.69, 9.17) is 0 Å². The van der Waals surface area contributed by atoms with Crippen LogP contribution in [0.1, 0.15) is 53.9 Å². The van der Waals surface area contributed by atoms with Gasteiger partial charge in [-0.05, 0) is 26.7 Å². The average molecular weight is 186 g/mol. The third kappa shape index (κ3) is 14.2. The summed E-state index contributed by atoms with van der Waals surface area (Å²) < 4.78 is 0. The minimum absolute atomic E-state index is 0.264. The lowest BCUT2D eigenvalue weighted by Crippen LogP contribution is -2.03. The molecule has 2 nitrogen and oxygen atoms in total. The number of hydrogen-bond donors (Lipinski definition) is 0. The lowest BCUT2D eigenvalue weighted by Gasteiger charge is -1.98. The molecule has 0 heterocycles. The van der Waals surface area contributed by atoms with Crippen LogP contribution in [-0.2, 0) is 9.59 Å². The van der Waals surface area contributed by atoms with E-state index in [0.29, 0.717) is 5.78 Å². The number of hydrogen-bond acceptors (Lipinski definition) is 2. The van der Waals surface area contributed by atoms with E-state index in [1.54, 1.807) is 13.8 Å². The second-order valence-corrected chi connectivity index (χ2v) is 3.37. The molecule has 1 atom stereocenters. The summed E-state index contributed by atoms with van der Waals surface area (Å²) in [5.41, 5.74) is 0. The number of rotatable bonds is 4. The van der Waals surface area contributed by atoms with Crippen LogP contribution in [-0.4, -0.2) is 11.6 Å². The highest BCUT2D eigenvalue weighted by Gasteiger charge is 2.01. The van der Waals surface area contributed by atoms with E-state index in [2.05, 4.69) is 0 Å². The van der Waals surface area contributed by atoms with Crippen LogP contribution in [0.2, 0.25) is 0 Å². The van der Waals surface area contributed by atoms with Crippen molar-refractivity contribution in [2.75, 3.05) is 0 Å². The summed E-state index contributed by atoms with van der Waals surface area (Å²) in [4.78, 5) is 20.4. The number of carbonyl (C=O) groups excluding carboxylic acids is 2. The van der Waals surface area contributed by atoms with Gasteiger partial charge in [0.2, 0.25) is 0 Å². The summed E-state index contributed by atoms with van der Waals surface area (Å²) in [5.74, 6) is 0.847. The fourth-order valence-corrected chi connectivity index (χ4v) is 0.640. The molecule has 0 N–H and O–H groups in total. The van der Waals surface area contributed by atoms with E-state index >= 15 is 0 Å². The molecule has 0 aliphatic heterocycles. The first-order valence-corrected chi connectivity index (χ1v) is 4.95. The summed E-state index contributed by atoms with van der Waals surface area (Å²) in [6.45, 7) is 9.22. The van der Waals surface area contributed by atoms with Crippen LogP contribution in [0.25, 0.3) is 0 Å². The molecule has 0 saturated heterocycles. The van der Waals surface area contributed by atoms with Gasteiger partial charge in [0.25, 0.3) is 0 Å². The van der Waals surface area contributed by atoms with Gasteiger partial charge in [0.05, 0.1) is 0 Å². The first-order chi connectivity index (χ1) is 5.95. The molecule has 0 aromatic heterocycles. The lowest BCUT2D eigenvalue weighted by molar-refractivity contribution is -0.120. The molecule has 0 fully saturated rings. The van der Waals surface area contributed by atoms with Gasteiger partial charge in [0.15, 0.2) is 0 Å². The molecular weight excluding hydrogens is 164 g/mol. The summed E-state index contributed by atoms with van der Waals surface area (Å²) in [5, 5.41) is 0. The first kappa shape index (κ1) is 14.8. The smallest absolute Gasteiger partial charge is 0.132 e. The van der Waals surface area contributed by atoms with Crippen LogP contribution in [0.5, 0.6) is 0 Å². The van der Waals surface area contributed by atoms with Crippen molar-refractivity contribution in [3.63, 3.8) is 0 Å². The molecule has 78 valence electrons. The Kier molecular flexibility index (Phi) is 10.8. The maximum absolute atomic E-state index is 10.4. The summed E-state index contributed by atoms with van der Waals surface area (Å²) in [6.07, 6.45) is 2.69. The zero-order valence-corrected chi connectivity index (χ0v) is 9.52. The van der Waals surface area contributed by atoms with Gasteiger partial charge in [0.1, 0.15) is 11.6 Å². The maximum Gasteiger partial charge on any atom is 0.132 e. The zero-order valence-electron chi connectivity index (χ0n) is 9.52. The molecule has 1 unspecified atom stereocenters. The number of carbonyl (C=O) groups is 2. The number of ketones is 2. The van der Waals surface area contributed by atoms with Crippen molar-refractivity contribution in [2.45, 2.75) is 53.9 Å². The molecule has 0 bridgehead atoms.